The van der Waals surface area contributed by atoms with E-state index >= 15 is 0 Å². The number of methoxy groups -OCH3 is 1. The SMILES string of the molecule is COC(=O)c1scc(C)c1NC(=O)c1cc(Br)ccc1I. The molecule has 0 radical (unpaired) electrons. The van der Waals surface area contributed by atoms with Gasteiger partial charge in [-0.05, 0) is 58.7 Å². The minimum atomic E-state index is -0.452. The first-order chi connectivity index (χ1) is 9.93. The van der Waals surface area contributed by atoms with Crippen LogP contribution in [0.25, 0.3) is 0 Å². The van der Waals surface area contributed by atoms with Crippen molar-refractivity contribution in [2.45, 2.75) is 6.92 Å². The second-order valence-electron chi connectivity index (χ2n) is 4.19. The molecule has 110 valence electrons. The lowest BCUT2D eigenvalue weighted by Crippen LogP contribution is -2.16. The summed E-state index contributed by atoms with van der Waals surface area (Å²) in [5.41, 5.74) is 1.89. The quantitative estimate of drug-likeness (QED) is 0.522. The minimum absolute atomic E-state index is 0.257. The number of amides is 1. The third-order valence-electron chi connectivity index (χ3n) is 2.76. The number of carbonyl (C=O) groups excluding carboxylic acids is 2. The zero-order valence-corrected chi connectivity index (χ0v) is 15.8. The molecular formula is C14H11BrINO3S. The fraction of sp³-hybridized carbons (Fsp3) is 0.143. The molecule has 2 rings (SSSR count). The van der Waals surface area contributed by atoms with Crippen LogP contribution < -0.4 is 5.32 Å². The zero-order chi connectivity index (χ0) is 15.6. The van der Waals surface area contributed by atoms with E-state index in [9.17, 15) is 9.59 Å². The molecule has 1 N–H and O–H groups in total. The van der Waals surface area contributed by atoms with Crippen LogP contribution in [0.3, 0.4) is 0 Å². The van der Waals surface area contributed by atoms with Gasteiger partial charge >= 0.3 is 5.97 Å². The molecule has 0 aliphatic carbocycles. The summed E-state index contributed by atoms with van der Waals surface area (Å²) < 4.78 is 6.39. The molecule has 7 heteroatoms. The van der Waals surface area contributed by atoms with Gasteiger partial charge in [-0.1, -0.05) is 15.9 Å². The molecule has 2 aromatic rings. The van der Waals surface area contributed by atoms with Crippen LogP contribution in [-0.2, 0) is 4.74 Å². The number of nitrogens with one attached hydrogen (secondary N) is 1. The van der Waals surface area contributed by atoms with E-state index in [1.165, 1.54) is 18.4 Å². The summed E-state index contributed by atoms with van der Waals surface area (Å²) in [6, 6.07) is 5.46. The summed E-state index contributed by atoms with van der Waals surface area (Å²) in [5.74, 6) is -0.709. The van der Waals surface area contributed by atoms with Gasteiger partial charge < -0.3 is 10.1 Å². The Morgan fingerprint density at radius 2 is 2.10 bits per heavy atom. The van der Waals surface area contributed by atoms with Crippen molar-refractivity contribution in [3.63, 3.8) is 0 Å². The number of hydrogen-bond acceptors (Lipinski definition) is 4. The lowest BCUT2D eigenvalue weighted by molar-refractivity contribution is 0.0607. The van der Waals surface area contributed by atoms with Gasteiger partial charge in [0.2, 0.25) is 0 Å². The van der Waals surface area contributed by atoms with Gasteiger partial charge in [0.25, 0.3) is 5.91 Å². The van der Waals surface area contributed by atoms with Crippen molar-refractivity contribution in [3.8, 4) is 0 Å². The van der Waals surface area contributed by atoms with Crippen molar-refractivity contribution in [2.75, 3.05) is 12.4 Å². The van der Waals surface area contributed by atoms with E-state index in [2.05, 4.69) is 43.8 Å². The zero-order valence-electron chi connectivity index (χ0n) is 11.2. The molecule has 0 aliphatic heterocycles. The van der Waals surface area contributed by atoms with Crippen LogP contribution in [0.15, 0.2) is 28.1 Å². The summed E-state index contributed by atoms with van der Waals surface area (Å²) in [4.78, 5) is 24.5. The molecule has 21 heavy (non-hydrogen) atoms. The first kappa shape index (κ1) is 16.4. The summed E-state index contributed by atoms with van der Waals surface area (Å²) in [6.45, 7) is 1.84. The molecule has 0 fully saturated rings. The Morgan fingerprint density at radius 1 is 1.38 bits per heavy atom. The maximum atomic E-state index is 12.4. The Hall–Kier alpha value is -0.930. The molecule has 1 amide bonds. The second-order valence-corrected chi connectivity index (χ2v) is 7.15. The average molecular weight is 480 g/mol. The molecule has 1 heterocycles. The number of ether oxygens (including phenoxy) is 1. The Morgan fingerprint density at radius 3 is 2.76 bits per heavy atom. The van der Waals surface area contributed by atoms with Crippen molar-refractivity contribution in [1.82, 2.24) is 0 Å². The van der Waals surface area contributed by atoms with Crippen LogP contribution in [-0.4, -0.2) is 19.0 Å². The van der Waals surface area contributed by atoms with E-state index < -0.39 is 5.97 Å². The third-order valence-corrected chi connectivity index (χ3v) is 5.27. The van der Waals surface area contributed by atoms with Crippen molar-refractivity contribution >= 4 is 67.4 Å². The van der Waals surface area contributed by atoms with E-state index in [0.717, 1.165) is 13.6 Å². The molecule has 4 nitrogen and oxygen atoms in total. The maximum absolute atomic E-state index is 12.4. The van der Waals surface area contributed by atoms with E-state index in [-0.39, 0.29) is 5.91 Å². The summed E-state index contributed by atoms with van der Waals surface area (Å²) in [7, 11) is 1.32. The lowest BCUT2D eigenvalue weighted by atomic mass is 10.2. The summed E-state index contributed by atoms with van der Waals surface area (Å²) in [6.07, 6.45) is 0. The summed E-state index contributed by atoms with van der Waals surface area (Å²) >= 11 is 6.70. The van der Waals surface area contributed by atoms with E-state index in [0.29, 0.717) is 16.1 Å². The molecule has 0 bridgehead atoms. The first-order valence-electron chi connectivity index (χ1n) is 5.87. The number of carbonyl (C=O) groups is 2. The van der Waals surface area contributed by atoms with Crippen molar-refractivity contribution in [2.24, 2.45) is 0 Å². The van der Waals surface area contributed by atoms with Crippen LogP contribution >= 0.6 is 49.9 Å². The van der Waals surface area contributed by atoms with Gasteiger partial charge in [0.05, 0.1) is 18.4 Å². The molecule has 0 unspecified atom stereocenters. The number of benzene rings is 1. The Kier molecular flexibility index (Phi) is 5.39. The van der Waals surface area contributed by atoms with E-state index in [1.807, 2.05) is 24.4 Å². The number of aryl methyl sites for hydroxylation is 1. The highest BCUT2D eigenvalue weighted by molar-refractivity contribution is 14.1. The Balaban J connectivity index is 2.34. The minimum Gasteiger partial charge on any atom is -0.465 e. The van der Waals surface area contributed by atoms with Crippen molar-refractivity contribution in [3.05, 3.63) is 47.6 Å². The Bertz CT molecular complexity index is 714. The van der Waals surface area contributed by atoms with Crippen molar-refractivity contribution in [1.29, 1.82) is 0 Å². The number of anilines is 1. The predicted octanol–water partition coefficient (Wildman–Crippen LogP) is 4.46. The number of hydrogen-bond donors (Lipinski definition) is 1. The van der Waals surface area contributed by atoms with Gasteiger partial charge in [0, 0.05) is 8.04 Å². The number of esters is 1. The normalized spacial score (nSPS) is 10.3. The van der Waals surface area contributed by atoms with Gasteiger partial charge in [0.15, 0.2) is 0 Å². The van der Waals surface area contributed by atoms with Crippen LogP contribution in [0.1, 0.15) is 25.6 Å². The molecule has 0 aliphatic rings. The highest BCUT2D eigenvalue weighted by Gasteiger charge is 2.20. The van der Waals surface area contributed by atoms with Gasteiger partial charge in [0.1, 0.15) is 4.88 Å². The fourth-order valence-electron chi connectivity index (χ4n) is 1.69. The first-order valence-corrected chi connectivity index (χ1v) is 8.62. The Labute approximate surface area is 148 Å². The lowest BCUT2D eigenvalue weighted by Gasteiger charge is -2.09. The standard InChI is InChI=1S/C14H11BrINO3S/c1-7-6-21-12(14(19)20-2)11(7)17-13(18)9-5-8(15)3-4-10(9)16/h3-6H,1-2H3,(H,17,18). The molecule has 0 saturated heterocycles. The highest BCUT2D eigenvalue weighted by atomic mass is 127. The topological polar surface area (TPSA) is 55.4 Å². The van der Waals surface area contributed by atoms with Gasteiger partial charge in [-0.2, -0.15) is 0 Å². The molecule has 0 spiro atoms. The summed E-state index contributed by atoms with van der Waals surface area (Å²) in [5, 5.41) is 4.62. The highest BCUT2D eigenvalue weighted by Crippen LogP contribution is 2.29. The van der Waals surface area contributed by atoms with Gasteiger partial charge in [-0.3, -0.25) is 4.79 Å². The molecule has 0 atom stereocenters. The van der Waals surface area contributed by atoms with E-state index in [4.69, 9.17) is 4.74 Å². The average Bonchev–Trinajstić information content (AvgIpc) is 2.82. The molecule has 1 aromatic heterocycles. The monoisotopic (exact) mass is 479 g/mol. The third kappa shape index (κ3) is 3.64. The van der Waals surface area contributed by atoms with Gasteiger partial charge in [-0.15, -0.1) is 11.3 Å². The van der Waals surface area contributed by atoms with Crippen LogP contribution in [0, 0.1) is 10.5 Å². The fourth-order valence-corrected chi connectivity index (χ4v) is 3.56. The molecule has 1 aromatic carbocycles. The second kappa shape index (κ2) is 6.89. The smallest absolute Gasteiger partial charge is 0.350 e. The number of thiophene rings is 1. The van der Waals surface area contributed by atoms with Crippen LogP contribution in [0.5, 0.6) is 0 Å². The van der Waals surface area contributed by atoms with Crippen molar-refractivity contribution < 1.29 is 14.3 Å². The maximum Gasteiger partial charge on any atom is 0.350 e. The van der Waals surface area contributed by atoms with Gasteiger partial charge in [-0.25, -0.2) is 4.79 Å². The number of halogens is 2. The van der Waals surface area contributed by atoms with Crippen LogP contribution in [0.2, 0.25) is 0 Å². The largest absolute Gasteiger partial charge is 0.465 e. The van der Waals surface area contributed by atoms with Crippen LogP contribution in [0.4, 0.5) is 5.69 Å². The van der Waals surface area contributed by atoms with E-state index in [1.54, 1.807) is 6.07 Å². The molecular weight excluding hydrogens is 469 g/mol. The molecule has 0 saturated carbocycles. The number of rotatable bonds is 3. The predicted molar refractivity (Wildman–Crippen MR) is 95.2 cm³/mol.